The zero-order chi connectivity index (χ0) is 14.5. The summed E-state index contributed by atoms with van der Waals surface area (Å²) < 4.78 is 5.37. The van der Waals surface area contributed by atoms with Crippen molar-refractivity contribution in [3.63, 3.8) is 0 Å². The SMILES string of the molecule is Cc1ccc(CCC(=O)Nc2ccc(C(=O)[O-])cc2)o1. The molecular weight excluding hydrogens is 258 g/mol. The highest BCUT2D eigenvalue weighted by molar-refractivity contribution is 5.92. The Balaban J connectivity index is 1.86. The molecule has 1 heterocycles. The number of aromatic carboxylic acids is 1. The summed E-state index contributed by atoms with van der Waals surface area (Å²) in [6.45, 7) is 1.85. The second kappa shape index (κ2) is 6.06. The van der Waals surface area contributed by atoms with Crippen molar-refractivity contribution in [3.8, 4) is 0 Å². The molecule has 0 atom stereocenters. The normalized spacial score (nSPS) is 10.2. The topological polar surface area (TPSA) is 82.4 Å². The Morgan fingerprint density at radius 3 is 2.40 bits per heavy atom. The maximum absolute atomic E-state index is 11.7. The highest BCUT2D eigenvalue weighted by Gasteiger charge is 2.05. The van der Waals surface area contributed by atoms with Gasteiger partial charge in [0, 0.05) is 18.5 Å². The molecule has 0 saturated heterocycles. The number of anilines is 1. The van der Waals surface area contributed by atoms with Gasteiger partial charge in [-0.05, 0) is 36.8 Å². The molecule has 2 aromatic rings. The van der Waals surface area contributed by atoms with Gasteiger partial charge in [0.1, 0.15) is 11.5 Å². The monoisotopic (exact) mass is 272 g/mol. The molecule has 0 unspecified atom stereocenters. The number of hydrogen-bond acceptors (Lipinski definition) is 4. The molecule has 1 N–H and O–H groups in total. The van der Waals surface area contributed by atoms with Crippen LogP contribution in [0.2, 0.25) is 0 Å². The van der Waals surface area contributed by atoms with Crippen molar-refractivity contribution in [2.75, 3.05) is 5.32 Å². The Labute approximate surface area is 116 Å². The highest BCUT2D eigenvalue weighted by atomic mass is 16.4. The number of amides is 1. The number of rotatable bonds is 5. The van der Waals surface area contributed by atoms with Gasteiger partial charge in [-0.25, -0.2) is 0 Å². The van der Waals surface area contributed by atoms with Crippen LogP contribution in [-0.4, -0.2) is 11.9 Å². The third-order valence-corrected chi connectivity index (χ3v) is 2.80. The van der Waals surface area contributed by atoms with E-state index in [9.17, 15) is 14.7 Å². The number of nitrogens with one attached hydrogen (secondary N) is 1. The Morgan fingerprint density at radius 2 is 1.85 bits per heavy atom. The van der Waals surface area contributed by atoms with Crippen molar-refractivity contribution in [2.45, 2.75) is 19.8 Å². The number of carboxylic acids is 1. The van der Waals surface area contributed by atoms with Crippen molar-refractivity contribution >= 4 is 17.6 Å². The van der Waals surface area contributed by atoms with E-state index in [1.165, 1.54) is 24.3 Å². The maximum Gasteiger partial charge on any atom is 0.224 e. The largest absolute Gasteiger partial charge is 0.545 e. The maximum atomic E-state index is 11.7. The first kappa shape index (κ1) is 13.9. The van der Waals surface area contributed by atoms with Crippen molar-refractivity contribution in [2.24, 2.45) is 0 Å². The van der Waals surface area contributed by atoms with Crippen LogP contribution in [-0.2, 0) is 11.2 Å². The lowest BCUT2D eigenvalue weighted by Crippen LogP contribution is -2.22. The molecule has 0 aliphatic carbocycles. The van der Waals surface area contributed by atoms with Crippen LogP contribution in [0.1, 0.15) is 28.3 Å². The minimum absolute atomic E-state index is 0.0778. The summed E-state index contributed by atoms with van der Waals surface area (Å²) in [5.41, 5.74) is 0.629. The quantitative estimate of drug-likeness (QED) is 0.894. The van der Waals surface area contributed by atoms with E-state index < -0.39 is 5.97 Å². The third-order valence-electron chi connectivity index (χ3n) is 2.80. The number of carbonyl (C=O) groups is 2. The van der Waals surface area contributed by atoms with Gasteiger partial charge in [-0.2, -0.15) is 0 Å². The van der Waals surface area contributed by atoms with E-state index in [-0.39, 0.29) is 11.5 Å². The Bertz CT molecular complexity index is 613. The van der Waals surface area contributed by atoms with E-state index in [2.05, 4.69) is 5.32 Å². The molecule has 20 heavy (non-hydrogen) atoms. The molecule has 104 valence electrons. The fourth-order valence-electron chi connectivity index (χ4n) is 1.77. The van der Waals surface area contributed by atoms with E-state index in [0.717, 1.165) is 11.5 Å². The van der Waals surface area contributed by atoms with Crippen molar-refractivity contribution in [3.05, 3.63) is 53.5 Å². The summed E-state index contributed by atoms with van der Waals surface area (Å²) in [6, 6.07) is 9.53. The summed E-state index contributed by atoms with van der Waals surface area (Å²) in [7, 11) is 0. The van der Waals surface area contributed by atoms with Crippen molar-refractivity contribution < 1.29 is 19.1 Å². The minimum Gasteiger partial charge on any atom is -0.545 e. The number of aryl methyl sites for hydroxylation is 2. The van der Waals surface area contributed by atoms with Crippen LogP contribution in [0.3, 0.4) is 0 Å². The molecular formula is C15H14NO4-. The molecule has 1 aromatic carbocycles. The second-order valence-electron chi connectivity index (χ2n) is 4.43. The minimum atomic E-state index is -1.24. The Kier molecular flexibility index (Phi) is 4.20. The van der Waals surface area contributed by atoms with E-state index in [0.29, 0.717) is 18.5 Å². The van der Waals surface area contributed by atoms with Gasteiger partial charge in [-0.1, -0.05) is 12.1 Å². The van der Waals surface area contributed by atoms with Crippen LogP contribution >= 0.6 is 0 Å². The van der Waals surface area contributed by atoms with Gasteiger partial charge in [-0.15, -0.1) is 0 Å². The first-order valence-corrected chi connectivity index (χ1v) is 6.21. The number of carbonyl (C=O) groups excluding carboxylic acids is 2. The molecule has 1 amide bonds. The summed E-state index contributed by atoms with van der Waals surface area (Å²) in [4.78, 5) is 22.3. The first-order valence-electron chi connectivity index (χ1n) is 6.21. The van der Waals surface area contributed by atoms with Crippen LogP contribution in [0.5, 0.6) is 0 Å². The highest BCUT2D eigenvalue weighted by Crippen LogP contribution is 2.12. The Hall–Kier alpha value is -2.56. The number of benzene rings is 1. The molecule has 0 bridgehead atoms. The molecule has 1 aromatic heterocycles. The van der Waals surface area contributed by atoms with Gasteiger partial charge in [0.25, 0.3) is 0 Å². The summed E-state index contributed by atoms with van der Waals surface area (Å²) in [5.74, 6) is 0.194. The third kappa shape index (κ3) is 3.71. The standard InChI is InChI=1S/C15H15NO4/c1-10-2-7-13(20-10)8-9-14(17)16-12-5-3-11(4-6-12)15(18)19/h2-7H,8-9H2,1H3,(H,16,17)(H,18,19)/p-1. The van der Waals surface area contributed by atoms with Crippen molar-refractivity contribution in [1.82, 2.24) is 0 Å². The fourth-order valence-corrected chi connectivity index (χ4v) is 1.77. The molecule has 0 aliphatic rings. The van der Waals surface area contributed by atoms with Crippen LogP contribution in [0, 0.1) is 6.92 Å². The lowest BCUT2D eigenvalue weighted by Gasteiger charge is -2.06. The van der Waals surface area contributed by atoms with Crippen LogP contribution < -0.4 is 10.4 Å². The lowest BCUT2D eigenvalue weighted by atomic mass is 10.2. The first-order chi connectivity index (χ1) is 9.54. The molecule has 0 spiro atoms. The van der Waals surface area contributed by atoms with E-state index in [1.54, 1.807) is 0 Å². The zero-order valence-electron chi connectivity index (χ0n) is 11.0. The number of furan rings is 1. The predicted octanol–water partition coefficient (Wildman–Crippen LogP) is 1.52. The predicted molar refractivity (Wildman–Crippen MR) is 71.2 cm³/mol. The fraction of sp³-hybridized carbons (Fsp3) is 0.200. The average Bonchev–Trinajstić information content (AvgIpc) is 2.83. The van der Waals surface area contributed by atoms with Gasteiger partial charge in [0.15, 0.2) is 0 Å². The van der Waals surface area contributed by atoms with Gasteiger partial charge in [0.2, 0.25) is 5.91 Å². The summed E-state index contributed by atoms with van der Waals surface area (Å²) in [5, 5.41) is 13.3. The van der Waals surface area contributed by atoms with E-state index in [4.69, 9.17) is 4.42 Å². The smallest absolute Gasteiger partial charge is 0.224 e. The number of hydrogen-bond donors (Lipinski definition) is 1. The van der Waals surface area contributed by atoms with E-state index in [1.807, 2.05) is 19.1 Å². The van der Waals surface area contributed by atoms with Gasteiger partial charge in [-0.3, -0.25) is 4.79 Å². The molecule has 5 nitrogen and oxygen atoms in total. The average molecular weight is 272 g/mol. The summed E-state index contributed by atoms with van der Waals surface area (Å²) in [6.07, 6.45) is 0.825. The molecule has 0 fully saturated rings. The van der Waals surface area contributed by atoms with Crippen molar-refractivity contribution in [1.29, 1.82) is 0 Å². The summed E-state index contributed by atoms with van der Waals surface area (Å²) >= 11 is 0. The molecule has 0 saturated carbocycles. The van der Waals surface area contributed by atoms with E-state index >= 15 is 0 Å². The second-order valence-corrected chi connectivity index (χ2v) is 4.43. The molecule has 5 heteroatoms. The zero-order valence-corrected chi connectivity index (χ0v) is 11.0. The van der Waals surface area contributed by atoms with Gasteiger partial charge < -0.3 is 19.6 Å². The molecule has 0 radical (unpaired) electrons. The lowest BCUT2D eigenvalue weighted by molar-refractivity contribution is -0.255. The van der Waals surface area contributed by atoms with Gasteiger partial charge >= 0.3 is 0 Å². The van der Waals surface area contributed by atoms with Crippen LogP contribution in [0.15, 0.2) is 40.8 Å². The number of carboxylic acid groups (broad SMARTS) is 1. The van der Waals surface area contributed by atoms with Crippen LogP contribution in [0.25, 0.3) is 0 Å². The van der Waals surface area contributed by atoms with Gasteiger partial charge in [0.05, 0.1) is 5.97 Å². The Morgan fingerprint density at radius 1 is 1.15 bits per heavy atom. The molecule has 0 aliphatic heterocycles. The van der Waals surface area contributed by atoms with Crippen LogP contribution in [0.4, 0.5) is 5.69 Å². The molecule has 2 rings (SSSR count).